The molecule has 27 heavy (non-hydrogen) atoms. The summed E-state index contributed by atoms with van der Waals surface area (Å²) in [6.45, 7) is 0.195. The Morgan fingerprint density at radius 1 is 1.15 bits per heavy atom. The normalized spacial score (nSPS) is 20.9. The van der Waals surface area contributed by atoms with E-state index >= 15 is 0 Å². The molecule has 2 atom stereocenters. The first-order valence-corrected chi connectivity index (χ1v) is 10.3. The third-order valence-corrected chi connectivity index (χ3v) is 5.95. The van der Waals surface area contributed by atoms with Gasteiger partial charge in [0.05, 0.1) is 11.7 Å². The molecule has 1 aromatic carbocycles. The van der Waals surface area contributed by atoms with E-state index in [-0.39, 0.29) is 25.1 Å². The smallest absolute Gasteiger partial charge is 0.335 e. The lowest BCUT2D eigenvalue weighted by Crippen LogP contribution is -2.45. The van der Waals surface area contributed by atoms with Crippen LogP contribution in [0.25, 0.3) is 0 Å². The van der Waals surface area contributed by atoms with Gasteiger partial charge in [-0.2, -0.15) is 13.2 Å². The van der Waals surface area contributed by atoms with Gasteiger partial charge in [0.2, 0.25) is 10.0 Å². The number of rotatable bonds is 6. The summed E-state index contributed by atoms with van der Waals surface area (Å²) >= 11 is 0. The fourth-order valence-electron chi connectivity index (χ4n) is 3.08. The molecule has 0 aromatic heterocycles. The zero-order valence-corrected chi connectivity index (χ0v) is 15.8. The maximum Gasteiger partial charge on any atom is 0.391 e. The summed E-state index contributed by atoms with van der Waals surface area (Å²) in [6, 6.07) is 5.70. The van der Waals surface area contributed by atoms with E-state index in [9.17, 15) is 26.4 Å². The van der Waals surface area contributed by atoms with Crippen LogP contribution in [-0.2, 0) is 22.3 Å². The van der Waals surface area contributed by atoms with Gasteiger partial charge >= 0.3 is 12.2 Å². The second-order valence-electron chi connectivity index (χ2n) is 6.71. The van der Waals surface area contributed by atoms with Crippen LogP contribution >= 0.6 is 0 Å². The molecule has 10 heteroatoms. The van der Waals surface area contributed by atoms with Crippen molar-refractivity contribution in [3.05, 3.63) is 35.4 Å². The van der Waals surface area contributed by atoms with Crippen molar-refractivity contribution < 1.29 is 26.4 Å². The third kappa shape index (κ3) is 7.02. The van der Waals surface area contributed by atoms with Crippen molar-refractivity contribution in [2.75, 3.05) is 7.05 Å². The Morgan fingerprint density at radius 3 is 2.37 bits per heavy atom. The lowest BCUT2D eigenvalue weighted by atomic mass is 9.85. The van der Waals surface area contributed by atoms with Gasteiger partial charge in [-0.05, 0) is 37.4 Å². The van der Waals surface area contributed by atoms with Crippen molar-refractivity contribution in [2.24, 2.45) is 5.92 Å². The monoisotopic (exact) mass is 407 g/mol. The molecular formula is C17H24F3N3O3S. The maximum absolute atomic E-state index is 12.8. The number of halogens is 3. The second kappa shape index (κ2) is 8.92. The van der Waals surface area contributed by atoms with Gasteiger partial charge in [-0.1, -0.05) is 30.7 Å². The van der Waals surface area contributed by atoms with E-state index in [0.717, 1.165) is 5.56 Å². The van der Waals surface area contributed by atoms with Gasteiger partial charge < -0.3 is 10.6 Å². The molecule has 6 nitrogen and oxygen atoms in total. The molecule has 1 fully saturated rings. The van der Waals surface area contributed by atoms with Gasteiger partial charge in [0.25, 0.3) is 0 Å². The van der Waals surface area contributed by atoms with E-state index in [2.05, 4.69) is 15.4 Å². The van der Waals surface area contributed by atoms with Gasteiger partial charge in [0.1, 0.15) is 0 Å². The van der Waals surface area contributed by atoms with Crippen LogP contribution in [0.2, 0.25) is 0 Å². The standard InChI is InChI=1S/C17H24F3N3O3S/c1-21-27(25,26)11-13-7-5-12(6-8-13)10-22-16(24)23-15-4-2-3-14(9-15)17(18,19)20/h5-8,14-15,21H,2-4,9-11H2,1H3,(H2,22,23,24). The topological polar surface area (TPSA) is 87.3 Å². The minimum Gasteiger partial charge on any atom is -0.335 e. The van der Waals surface area contributed by atoms with Crippen LogP contribution in [0.15, 0.2) is 24.3 Å². The number of carbonyl (C=O) groups is 1. The van der Waals surface area contributed by atoms with E-state index in [1.54, 1.807) is 24.3 Å². The molecule has 1 aromatic rings. The number of nitrogens with one attached hydrogen (secondary N) is 3. The molecule has 2 amide bonds. The Hall–Kier alpha value is -1.81. The van der Waals surface area contributed by atoms with Crippen molar-refractivity contribution >= 4 is 16.1 Å². The average molecular weight is 407 g/mol. The average Bonchev–Trinajstić information content (AvgIpc) is 2.60. The zero-order chi connectivity index (χ0) is 20.1. The Kier molecular flexibility index (Phi) is 7.10. The molecule has 1 aliphatic carbocycles. The highest BCUT2D eigenvalue weighted by molar-refractivity contribution is 7.88. The van der Waals surface area contributed by atoms with Crippen molar-refractivity contribution in [1.29, 1.82) is 0 Å². The van der Waals surface area contributed by atoms with E-state index in [1.165, 1.54) is 7.05 Å². The molecule has 1 aliphatic rings. The largest absolute Gasteiger partial charge is 0.391 e. The predicted octanol–water partition coefficient (Wildman–Crippen LogP) is 2.66. The molecule has 2 unspecified atom stereocenters. The Balaban J connectivity index is 1.80. The van der Waals surface area contributed by atoms with E-state index in [0.29, 0.717) is 18.4 Å². The fraction of sp³-hybridized carbons (Fsp3) is 0.588. The highest BCUT2D eigenvalue weighted by atomic mass is 32.2. The summed E-state index contributed by atoms with van der Waals surface area (Å²) in [4.78, 5) is 11.9. The molecule has 1 saturated carbocycles. The highest BCUT2D eigenvalue weighted by Gasteiger charge is 2.42. The molecule has 0 bridgehead atoms. The van der Waals surface area contributed by atoms with Crippen molar-refractivity contribution in [3.8, 4) is 0 Å². The van der Waals surface area contributed by atoms with Gasteiger partial charge in [-0.15, -0.1) is 0 Å². The molecule has 152 valence electrons. The number of sulfonamides is 1. The first kappa shape index (κ1) is 21.5. The quantitative estimate of drug-likeness (QED) is 0.678. The number of hydrogen-bond donors (Lipinski definition) is 3. The molecule has 0 saturated heterocycles. The summed E-state index contributed by atoms with van der Waals surface area (Å²) in [5, 5.41) is 5.22. The predicted molar refractivity (Wildman–Crippen MR) is 95.3 cm³/mol. The summed E-state index contributed by atoms with van der Waals surface area (Å²) < 4.78 is 63.7. The highest BCUT2D eigenvalue weighted by Crippen LogP contribution is 2.37. The molecule has 0 spiro atoms. The summed E-state index contributed by atoms with van der Waals surface area (Å²) in [7, 11) is -2.01. The molecule has 0 radical (unpaired) electrons. The van der Waals surface area contributed by atoms with Crippen LogP contribution in [0.1, 0.15) is 36.8 Å². The number of benzene rings is 1. The number of hydrogen-bond acceptors (Lipinski definition) is 3. The van der Waals surface area contributed by atoms with Crippen LogP contribution in [0.5, 0.6) is 0 Å². The van der Waals surface area contributed by atoms with Crippen LogP contribution in [-0.4, -0.2) is 33.7 Å². The molecule has 0 aliphatic heterocycles. The van der Waals surface area contributed by atoms with Crippen LogP contribution in [0, 0.1) is 5.92 Å². The Morgan fingerprint density at radius 2 is 1.78 bits per heavy atom. The summed E-state index contributed by atoms with van der Waals surface area (Å²) in [5.74, 6) is -1.50. The summed E-state index contributed by atoms with van der Waals surface area (Å²) in [5.41, 5.74) is 1.37. The van der Waals surface area contributed by atoms with Crippen LogP contribution in [0.4, 0.5) is 18.0 Å². The lowest BCUT2D eigenvalue weighted by molar-refractivity contribution is -0.183. The zero-order valence-electron chi connectivity index (χ0n) is 15.0. The maximum atomic E-state index is 12.8. The fourth-order valence-corrected chi connectivity index (χ4v) is 3.86. The van der Waals surface area contributed by atoms with Crippen LogP contribution < -0.4 is 15.4 Å². The number of alkyl halides is 3. The SMILES string of the molecule is CNS(=O)(=O)Cc1ccc(CNC(=O)NC2CCCC(C(F)(F)F)C2)cc1. The molecule has 3 N–H and O–H groups in total. The van der Waals surface area contributed by atoms with E-state index in [1.807, 2.05) is 0 Å². The number of carbonyl (C=O) groups excluding carboxylic acids is 1. The summed E-state index contributed by atoms with van der Waals surface area (Å²) in [6.07, 6.45) is -3.23. The van der Waals surface area contributed by atoms with Gasteiger partial charge in [-0.25, -0.2) is 17.9 Å². The first-order chi connectivity index (χ1) is 12.6. The van der Waals surface area contributed by atoms with Gasteiger partial charge in [0.15, 0.2) is 0 Å². The molecular weight excluding hydrogens is 383 g/mol. The van der Waals surface area contributed by atoms with Crippen molar-refractivity contribution in [3.63, 3.8) is 0 Å². The van der Waals surface area contributed by atoms with Gasteiger partial charge in [0, 0.05) is 12.6 Å². The van der Waals surface area contributed by atoms with Crippen molar-refractivity contribution in [1.82, 2.24) is 15.4 Å². The number of amides is 2. The minimum atomic E-state index is -4.22. The lowest BCUT2D eigenvalue weighted by Gasteiger charge is -2.31. The van der Waals surface area contributed by atoms with Crippen molar-refractivity contribution in [2.45, 2.75) is 50.2 Å². The second-order valence-corrected chi connectivity index (χ2v) is 8.64. The number of urea groups is 1. The van der Waals surface area contributed by atoms with Gasteiger partial charge in [-0.3, -0.25) is 0 Å². The van der Waals surface area contributed by atoms with Crippen LogP contribution in [0.3, 0.4) is 0 Å². The van der Waals surface area contributed by atoms with E-state index < -0.39 is 34.2 Å². The first-order valence-electron chi connectivity index (χ1n) is 8.69. The van der Waals surface area contributed by atoms with E-state index in [4.69, 9.17) is 0 Å². The Bertz CT molecular complexity index is 736. The minimum absolute atomic E-state index is 0.0917. The third-order valence-electron chi connectivity index (χ3n) is 4.62. The Labute approximate surface area is 157 Å². The molecule has 0 heterocycles. The molecule has 2 rings (SSSR count).